The van der Waals surface area contributed by atoms with E-state index in [1.54, 1.807) is 7.11 Å². The molecule has 0 atom stereocenters. The van der Waals surface area contributed by atoms with Gasteiger partial charge in [0.15, 0.2) is 0 Å². The maximum Gasteiger partial charge on any atom is 0.142 e. The van der Waals surface area contributed by atoms with Crippen molar-refractivity contribution in [2.45, 2.75) is 12.8 Å². The van der Waals surface area contributed by atoms with Crippen LogP contribution in [-0.4, -0.2) is 33.8 Å². The van der Waals surface area contributed by atoms with Crippen LogP contribution in [-0.2, 0) is 0 Å². The molecule has 1 fully saturated rings. The van der Waals surface area contributed by atoms with Crippen molar-refractivity contribution in [2.24, 2.45) is 5.92 Å². The van der Waals surface area contributed by atoms with Crippen molar-refractivity contribution in [2.75, 3.05) is 38.7 Å². The molecule has 1 aliphatic rings. The number of benzene rings is 1. The molecule has 18 heavy (non-hydrogen) atoms. The predicted octanol–water partition coefficient (Wildman–Crippen LogP) is 2.78. The zero-order chi connectivity index (χ0) is 13.0. The Balaban J connectivity index is 2.07. The minimum atomic E-state index is 0.750. The molecule has 3 nitrogen and oxygen atoms in total. The minimum absolute atomic E-state index is 0.750. The number of piperidine rings is 1. The van der Waals surface area contributed by atoms with E-state index in [-0.39, 0.29) is 0 Å². The van der Waals surface area contributed by atoms with Gasteiger partial charge in [0, 0.05) is 18.6 Å². The Hall–Kier alpha value is -0.930. The van der Waals surface area contributed by atoms with Crippen LogP contribution in [0.1, 0.15) is 12.8 Å². The van der Waals surface area contributed by atoms with E-state index in [0.717, 1.165) is 42.0 Å². The fourth-order valence-corrected chi connectivity index (χ4v) is 2.68. The van der Waals surface area contributed by atoms with Crippen LogP contribution in [0.15, 0.2) is 18.2 Å². The molecule has 0 saturated carbocycles. The highest BCUT2D eigenvalue weighted by Crippen LogP contribution is 2.31. The van der Waals surface area contributed by atoms with E-state index in [1.165, 1.54) is 12.8 Å². The molecule has 0 aromatic heterocycles. The number of rotatable bonds is 4. The summed E-state index contributed by atoms with van der Waals surface area (Å²) in [5.41, 5.74) is 1.07. The minimum Gasteiger partial charge on any atom is -0.495 e. The Kier molecular flexibility index (Phi) is 4.72. The van der Waals surface area contributed by atoms with Crippen LogP contribution in [0, 0.1) is 5.92 Å². The van der Waals surface area contributed by atoms with Crippen molar-refractivity contribution < 1.29 is 4.74 Å². The number of methoxy groups -OCH3 is 1. The van der Waals surface area contributed by atoms with Gasteiger partial charge in [-0.25, -0.2) is 0 Å². The first-order chi connectivity index (χ1) is 8.70. The molecular formula is C14H21ClN2O. The molecule has 2 rings (SSSR count). The first-order valence-corrected chi connectivity index (χ1v) is 6.84. The summed E-state index contributed by atoms with van der Waals surface area (Å²) < 4.78 is 5.40. The van der Waals surface area contributed by atoms with Gasteiger partial charge in [0.25, 0.3) is 0 Å². The van der Waals surface area contributed by atoms with Crippen molar-refractivity contribution in [3.63, 3.8) is 0 Å². The van der Waals surface area contributed by atoms with Crippen LogP contribution < -0.4 is 15.0 Å². The topological polar surface area (TPSA) is 24.5 Å². The summed E-state index contributed by atoms with van der Waals surface area (Å²) in [5.74, 6) is 1.63. The molecule has 0 amide bonds. The van der Waals surface area contributed by atoms with E-state index in [1.807, 2.05) is 18.2 Å². The molecule has 1 heterocycles. The molecule has 4 heteroatoms. The van der Waals surface area contributed by atoms with E-state index in [4.69, 9.17) is 16.3 Å². The van der Waals surface area contributed by atoms with Gasteiger partial charge in [-0.2, -0.15) is 0 Å². The van der Waals surface area contributed by atoms with Gasteiger partial charge < -0.3 is 15.0 Å². The monoisotopic (exact) mass is 268 g/mol. The van der Waals surface area contributed by atoms with E-state index >= 15 is 0 Å². The molecule has 0 radical (unpaired) electrons. The maximum absolute atomic E-state index is 6.07. The van der Waals surface area contributed by atoms with Crippen molar-refractivity contribution >= 4 is 17.3 Å². The average Bonchev–Trinajstić information content (AvgIpc) is 2.40. The number of nitrogens with one attached hydrogen (secondary N) is 1. The molecule has 1 aliphatic heterocycles. The first kappa shape index (κ1) is 13.5. The van der Waals surface area contributed by atoms with Crippen molar-refractivity contribution in [1.82, 2.24) is 5.32 Å². The first-order valence-electron chi connectivity index (χ1n) is 6.46. The summed E-state index contributed by atoms with van der Waals surface area (Å²) in [6, 6.07) is 5.76. The van der Waals surface area contributed by atoms with Crippen LogP contribution in [0.3, 0.4) is 0 Å². The zero-order valence-electron chi connectivity index (χ0n) is 11.1. The number of hydrogen-bond donors (Lipinski definition) is 1. The second kappa shape index (κ2) is 6.30. The summed E-state index contributed by atoms with van der Waals surface area (Å²) in [6.45, 7) is 3.31. The Morgan fingerprint density at radius 1 is 1.39 bits per heavy atom. The third-order valence-electron chi connectivity index (χ3n) is 3.54. The van der Waals surface area contributed by atoms with Crippen LogP contribution in [0.2, 0.25) is 5.02 Å². The normalized spacial score (nSPS) is 16.6. The van der Waals surface area contributed by atoms with Gasteiger partial charge in [-0.15, -0.1) is 0 Å². The third-order valence-corrected chi connectivity index (χ3v) is 3.78. The molecule has 0 aliphatic carbocycles. The lowest BCUT2D eigenvalue weighted by Gasteiger charge is -2.29. The molecule has 100 valence electrons. The molecular weight excluding hydrogens is 248 g/mol. The van der Waals surface area contributed by atoms with Gasteiger partial charge in [-0.05, 0) is 50.0 Å². The highest BCUT2D eigenvalue weighted by Gasteiger charge is 2.17. The SMILES string of the molecule is COc1ccc(Cl)cc1N(C)CC1CCNCC1. The lowest BCUT2D eigenvalue weighted by Crippen LogP contribution is -2.34. The average molecular weight is 269 g/mol. The van der Waals surface area contributed by atoms with E-state index in [9.17, 15) is 0 Å². The largest absolute Gasteiger partial charge is 0.495 e. The van der Waals surface area contributed by atoms with Gasteiger partial charge in [0.2, 0.25) is 0 Å². The highest BCUT2D eigenvalue weighted by atomic mass is 35.5. The smallest absolute Gasteiger partial charge is 0.142 e. The van der Waals surface area contributed by atoms with Gasteiger partial charge in [-0.1, -0.05) is 11.6 Å². The lowest BCUT2D eigenvalue weighted by molar-refractivity contribution is 0.375. The quantitative estimate of drug-likeness (QED) is 0.909. The molecule has 1 N–H and O–H groups in total. The van der Waals surface area contributed by atoms with Crippen LogP contribution >= 0.6 is 11.6 Å². The van der Waals surface area contributed by atoms with Crippen molar-refractivity contribution in [1.29, 1.82) is 0 Å². The van der Waals surface area contributed by atoms with Crippen LogP contribution in [0.5, 0.6) is 5.75 Å². The molecule has 1 aromatic rings. The van der Waals surface area contributed by atoms with E-state index < -0.39 is 0 Å². The Bertz CT molecular complexity index is 391. The summed E-state index contributed by atoms with van der Waals surface area (Å²) in [5, 5.41) is 4.15. The van der Waals surface area contributed by atoms with E-state index in [0.29, 0.717) is 0 Å². The van der Waals surface area contributed by atoms with Gasteiger partial charge in [0.05, 0.1) is 12.8 Å². The zero-order valence-corrected chi connectivity index (χ0v) is 11.8. The van der Waals surface area contributed by atoms with Gasteiger partial charge in [0.1, 0.15) is 5.75 Å². The lowest BCUT2D eigenvalue weighted by atomic mass is 9.97. The number of halogens is 1. The highest BCUT2D eigenvalue weighted by molar-refractivity contribution is 6.30. The fraction of sp³-hybridized carbons (Fsp3) is 0.571. The van der Waals surface area contributed by atoms with Gasteiger partial charge in [-0.3, -0.25) is 0 Å². The fourth-order valence-electron chi connectivity index (χ4n) is 2.51. The number of nitrogens with zero attached hydrogens (tertiary/aromatic N) is 1. The molecule has 1 saturated heterocycles. The summed E-state index contributed by atoms with van der Waals surface area (Å²) in [7, 11) is 3.81. The van der Waals surface area contributed by atoms with Gasteiger partial charge >= 0.3 is 0 Å². The second-order valence-corrected chi connectivity index (χ2v) is 5.33. The van der Waals surface area contributed by atoms with E-state index in [2.05, 4.69) is 17.3 Å². The maximum atomic E-state index is 6.07. The molecule has 0 spiro atoms. The Labute approximate surface area is 114 Å². The standard InChI is InChI=1S/C14H21ClN2O/c1-17(10-11-5-7-16-8-6-11)13-9-12(15)3-4-14(13)18-2/h3-4,9,11,16H,5-8,10H2,1-2H3. The predicted molar refractivity (Wildman–Crippen MR) is 76.9 cm³/mol. The number of hydrogen-bond acceptors (Lipinski definition) is 3. The summed E-state index contributed by atoms with van der Waals surface area (Å²) in [4.78, 5) is 2.25. The number of anilines is 1. The summed E-state index contributed by atoms with van der Waals surface area (Å²) in [6.07, 6.45) is 2.49. The van der Waals surface area contributed by atoms with Crippen molar-refractivity contribution in [3.8, 4) is 5.75 Å². The second-order valence-electron chi connectivity index (χ2n) is 4.89. The summed E-state index contributed by atoms with van der Waals surface area (Å²) >= 11 is 6.07. The van der Waals surface area contributed by atoms with Crippen molar-refractivity contribution in [3.05, 3.63) is 23.2 Å². The molecule has 0 unspecified atom stereocenters. The molecule has 0 bridgehead atoms. The van der Waals surface area contributed by atoms with Crippen LogP contribution in [0.4, 0.5) is 5.69 Å². The van der Waals surface area contributed by atoms with Crippen LogP contribution in [0.25, 0.3) is 0 Å². The third kappa shape index (κ3) is 3.30. The molecule has 1 aromatic carbocycles. The number of ether oxygens (including phenoxy) is 1. The Morgan fingerprint density at radius 2 is 2.11 bits per heavy atom. The Morgan fingerprint density at radius 3 is 2.78 bits per heavy atom.